The summed E-state index contributed by atoms with van der Waals surface area (Å²) in [5.74, 6) is 1.25. The quantitative estimate of drug-likeness (QED) is 0.664. The maximum absolute atomic E-state index is 13.3. The van der Waals surface area contributed by atoms with Crippen molar-refractivity contribution in [2.24, 2.45) is 4.99 Å². The Kier molecular flexibility index (Phi) is 5.40. The zero-order valence-corrected chi connectivity index (χ0v) is 16.8. The lowest BCUT2D eigenvalue weighted by molar-refractivity contribution is -0.131. The van der Waals surface area contributed by atoms with E-state index >= 15 is 0 Å². The fraction of sp³-hybridized carbons (Fsp3) is 0.636. The van der Waals surface area contributed by atoms with Crippen LogP contribution in [0.25, 0.3) is 0 Å². The molecule has 4 nitrogen and oxygen atoms in total. The number of hydrogen-bond acceptors (Lipinski definition) is 3. The van der Waals surface area contributed by atoms with Gasteiger partial charge in [-0.05, 0) is 43.2 Å². The van der Waals surface area contributed by atoms with Gasteiger partial charge in [-0.25, -0.2) is 0 Å². The third-order valence-electron chi connectivity index (χ3n) is 6.24. The lowest BCUT2D eigenvalue weighted by atomic mass is 9.89. The van der Waals surface area contributed by atoms with Crippen molar-refractivity contribution in [3.63, 3.8) is 0 Å². The van der Waals surface area contributed by atoms with Gasteiger partial charge in [0.05, 0.1) is 19.3 Å². The number of aliphatic imine (C=N–C) groups is 1. The van der Waals surface area contributed by atoms with Crippen LogP contribution in [-0.2, 0) is 22.7 Å². The summed E-state index contributed by atoms with van der Waals surface area (Å²) in [7, 11) is 2.14. The van der Waals surface area contributed by atoms with Gasteiger partial charge in [-0.1, -0.05) is 49.8 Å². The van der Waals surface area contributed by atoms with Crippen molar-refractivity contribution in [3.8, 4) is 0 Å². The summed E-state index contributed by atoms with van der Waals surface area (Å²) in [5.41, 5.74) is 3.25. The molecule has 0 unspecified atom stereocenters. The molecule has 27 heavy (non-hydrogen) atoms. The van der Waals surface area contributed by atoms with Crippen molar-refractivity contribution < 1.29 is 9.53 Å². The van der Waals surface area contributed by atoms with Crippen molar-refractivity contribution in [1.29, 1.82) is 0 Å². The van der Waals surface area contributed by atoms with Crippen molar-refractivity contribution in [2.45, 2.75) is 89.5 Å². The molecule has 0 aromatic heterocycles. The molecule has 144 valence electrons. The summed E-state index contributed by atoms with van der Waals surface area (Å²) in [6.45, 7) is 3.51. The van der Waals surface area contributed by atoms with Gasteiger partial charge in [0.25, 0.3) is 5.91 Å². The smallest absolute Gasteiger partial charge is 0.256 e. The molecular formula is C22H31BN2O2. The van der Waals surface area contributed by atoms with E-state index in [1.54, 1.807) is 0 Å². The van der Waals surface area contributed by atoms with E-state index in [1.165, 1.54) is 29.4 Å². The van der Waals surface area contributed by atoms with Gasteiger partial charge in [0, 0.05) is 6.42 Å². The second-order valence-corrected chi connectivity index (χ2v) is 8.53. The molecule has 2 saturated carbocycles. The van der Waals surface area contributed by atoms with E-state index in [0.29, 0.717) is 19.3 Å². The molecule has 0 radical (unpaired) electrons. The number of carbonyl (C=O) groups is 1. The van der Waals surface area contributed by atoms with Crippen LogP contribution < -0.4 is 5.46 Å². The second-order valence-electron chi connectivity index (χ2n) is 8.53. The highest BCUT2D eigenvalue weighted by molar-refractivity contribution is 6.33. The van der Waals surface area contributed by atoms with E-state index in [0.717, 1.165) is 50.8 Å². The van der Waals surface area contributed by atoms with E-state index in [4.69, 9.17) is 9.73 Å². The number of carbonyl (C=O) groups excluding carboxylic acids is 1. The van der Waals surface area contributed by atoms with Gasteiger partial charge in [0.1, 0.15) is 19.2 Å². The Morgan fingerprint density at radius 2 is 2.07 bits per heavy atom. The highest BCUT2D eigenvalue weighted by atomic mass is 16.5. The largest absolute Gasteiger partial charge is 0.374 e. The Morgan fingerprint density at radius 1 is 1.30 bits per heavy atom. The number of amidine groups is 1. The first-order valence-electron chi connectivity index (χ1n) is 10.7. The van der Waals surface area contributed by atoms with Crippen LogP contribution in [-0.4, -0.2) is 36.1 Å². The van der Waals surface area contributed by atoms with Crippen molar-refractivity contribution >= 4 is 25.1 Å². The molecule has 5 heteroatoms. The molecule has 1 aromatic rings. The topological polar surface area (TPSA) is 41.9 Å². The summed E-state index contributed by atoms with van der Waals surface area (Å²) >= 11 is 0. The number of hydrogen-bond donors (Lipinski definition) is 0. The Balaban J connectivity index is 1.52. The number of benzene rings is 1. The second kappa shape index (κ2) is 7.79. The molecule has 3 aliphatic rings. The minimum Gasteiger partial charge on any atom is -0.374 e. The molecule has 1 aromatic carbocycles. The maximum atomic E-state index is 13.3. The van der Waals surface area contributed by atoms with Crippen molar-refractivity contribution in [2.75, 3.05) is 0 Å². The van der Waals surface area contributed by atoms with E-state index in [9.17, 15) is 4.79 Å². The van der Waals surface area contributed by atoms with Gasteiger partial charge in [-0.2, -0.15) is 0 Å². The lowest BCUT2D eigenvalue weighted by Gasteiger charge is -2.23. The molecule has 2 fully saturated rings. The number of rotatable bonds is 8. The number of unbranched alkanes of at least 4 members (excludes halogenated alkanes) is 1. The van der Waals surface area contributed by atoms with Crippen LogP contribution in [0.3, 0.4) is 0 Å². The predicted octanol–water partition coefficient (Wildman–Crippen LogP) is 2.87. The van der Waals surface area contributed by atoms with Crippen LogP contribution >= 0.6 is 0 Å². The first kappa shape index (κ1) is 18.7. The normalized spacial score (nSPS) is 21.3. The fourth-order valence-electron chi connectivity index (χ4n) is 4.30. The molecule has 4 rings (SSSR count). The number of amides is 1. The SMILES string of the molecule is Bc1ccc(CN2C(=O)C3(CCCC3)N=C2CCCC)cc1COC1CC1. The zero-order valence-electron chi connectivity index (χ0n) is 16.8. The molecule has 0 bridgehead atoms. The predicted molar refractivity (Wildman–Crippen MR) is 111 cm³/mol. The highest BCUT2D eigenvalue weighted by Gasteiger charge is 2.49. The average molecular weight is 366 g/mol. The van der Waals surface area contributed by atoms with Gasteiger partial charge in [0.2, 0.25) is 0 Å². The summed E-state index contributed by atoms with van der Waals surface area (Å²) in [5, 5.41) is 0. The fourth-order valence-corrected chi connectivity index (χ4v) is 4.30. The van der Waals surface area contributed by atoms with Crippen LogP contribution in [0, 0.1) is 0 Å². The summed E-state index contributed by atoms with van der Waals surface area (Å²) in [6, 6.07) is 6.54. The number of nitrogens with zero attached hydrogens (tertiary/aromatic N) is 2. The first-order valence-corrected chi connectivity index (χ1v) is 10.7. The van der Waals surface area contributed by atoms with Crippen LogP contribution in [0.4, 0.5) is 0 Å². The third-order valence-corrected chi connectivity index (χ3v) is 6.24. The molecule has 0 saturated heterocycles. The van der Waals surface area contributed by atoms with Gasteiger partial charge in [-0.3, -0.25) is 14.7 Å². The van der Waals surface area contributed by atoms with Crippen molar-refractivity contribution in [1.82, 2.24) is 4.90 Å². The van der Waals surface area contributed by atoms with Crippen LogP contribution in [0.15, 0.2) is 23.2 Å². The third kappa shape index (κ3) is 3.98. The Hall–Kier alpha value is -1.62. The van der Waals surface area contributed by atoms with E-state index in [1.807, 2.05) is 4.90 Å². The molecule has 1 spiro atoms. The van der Waals surface area contributed by atoms with Crippen molar-refractivity contribution in [3.05, 3.63) is 29.3 Å². The summed E-state index contributed by atoms with van der Waals surface area (Å²) < 4.78 is 5.91. The summed E-state index contributed by atoms with van der Waals surface area (Å²) in [4.78, 5) is 20.2. The Labute approximate surface area is 163 Å². The molecule has 1 amide bonds. The van der Waals surface area contributed by atoms with Gasteiger partial charge in [0.15, 0.2) is 0 Å². The Bertz CT molecular complexity index is 736. The van der Waals surface area contributed by atoms with E-state index in [2.05, 4.69) is 33.0 Å². The maximum Gasteiger partial charge on any atom is 0.256 e. The molecule has 1 heterocycles. The zero-order chi connectivity index (χ0) is 18.9. The monoisotopic (exact) mass is 366 g/mol. The molecule has 0 atom stereocenters. The molecule has 2 aliphatic carbocycles. The molecule has 1 aliphatic heterocycles. The Morgan fingerprint density at radius 3 is 2.78 bits per heavy atom. The van der Waals surface area contributed by atoms with Crippen LogP contribution in [0.5, 0.6) is 0 Å². The minimum atomic E-state index is -0.439. The average Bonchev–Trinajstić information content (AvgIpc) is 3.32. The highest BCUT2D eigenvalue weighted by Crippen LogP contribution is 2.40. The first-order chi connectivity index (χ1) is 13.1. The number of ether oxygens (including phenoxy) is 1. The standard InChI is InChI=1S/C22H31BN2O2/c1-2-3-6-20-24-22(11-4-5-12-22)21(26)25(20)14-16-7-10-19(23)17(13-16)15-27-18-8-9-18/h7,10,13,18H,2-6,8-9,11-12,14-15,23H2,1H3. The minimum absolute atomic E-state index is 0.238. The van der Waals surface area contributed by atoms with Crippen LogP contribution in [0.2, 0.25) is 0 Å². The van der Waals surface area contributed by atoms with Gasteiger partial charge < -0.3 is 4.74 Å². The summed E-state index contributed by atoms with van der Waals surface area (Å²) in [6.07, 6.45) is 10.1. The van der Waals surface area contributed by atoms with Crippen LogP contribution in [0.1, 0.15) is 75.8 Å². The van der Waals surface area contributed by atoms with E-state index in [-0.39, 0.29) is 5.91 Å². The molecule has 0 N–H and O–H groups in total. The van der Waals surface area contributed by atoms with E-state index < -0.39 is 5.54 Å². The lowest BCUT2D eigenvalue weighted by Crippen LogP contribution is -2.40. The van der Waals surface area contributed by atoms with Gasteiger partial charge in [-0.15, -0.1) is 0 Å². The van der Waals surface area contributed by atoms with Gasteiger partial charge >= 0.3 is 0 Å². The molecular weight excluding hydrogens is 335 g/mol.